The van der Waals surface area contributed by atoms with E-state index in [1.807, 2.05) is 13.8 Å². The van der Waals surface area contributed by atoms with Crippen LogP contribution >= 0.6 is 12.2 Å². The molecule has 0 atom stereocenters. The Morgan fingerprint density at radius 1 is 1.03 bits per heavy atom. The van der Waals surface area contributed by atoms with Gasteiger partial charge in [0, 0.05) is 12.1 Å². The summed E-state index contributed by atoms with van der Waals surface area (Å²) >= 11 is 5.25. The maximum atomic E-state index is 12.4. The lowest BCUT2D eigenvalue weighted by atomic mass is 10.1. The van der Waals surface area contributed by atoms with Gasteiger partial charge in [0.1, 0.15) is 5.75 Å². The molecule has 0 bridgehead atoms. The fraction of sp³-hybridized carbons (Fsp3) is 0.318. The van der Waals surface area contributed by atoms with E-state index in [1.165, 1.54) is 0 Å². The molecule has 3 N–H and O–H groups in total. The summed E-state index contributed by atoms with van der Waals surface area (Å²) in [4.78, 5) is 24.8. The molecule has 29 heavy (non-hydrogen) atoms. The molecular weight excluding hydrogens is 386 g/mol. The maximum absolute atomic E-state index is 12.4. The quantitative estimate of drug-likeness (QED) is 0.448. The van der Waals surface area contributed by atoms with Crippen molar-refractivity contribution in [1.82, 2.24) is 10.6 Å². The molecule has 2 amide bonds. The number of amides is 2. The normalized spacial score (nSPS) is 10.3. The Bertz CT molecular complexity index is 851. The summed E-state index contributed by atoms with van der Waals surface area (Å²) in [5.74, 6) is 0.167. The second-order valence-corrected chi connectivity index (χ2v) is 7.16. The zero-order chi connectivity index (χ0) is 21.2. The molecule has 0 heterocycles. The molecule has 0 saturated heterocycles. The molecule has 0 aliphatic heterocycles. The Balaban J connectivity index is 1.98. The van der Waals surface area contributed by atoms with Crippen LogP contribution in [0.2, 0.25) is 0 Å². The van der Waals surface area contributed by atoms with Crippen molar-refractivity contribution in [2.45, 2.75) is 39.7 Å². The third-order valence-corrected chi connectivity index (χ3v) is 4.16. The minimum atomic E-state index is -0.344. The van der Waals surface area contributed by atoms with E-state index < -0.39 is 0 Å². The minimum Gasteiger partial charge on any atom is -0.491 e. The van der Waals surface area contributed by atoms with Gasteiger partial charge in [0.2, 0.25) is 0 Å². The first-order chi connectivity index (χ1) is 13.9. The SMILES string of the molecule is CCCCNC(=O)c1ccccc1NC(=S)NC(=O)c1ccc(OC(C)C)cc1. The summed E-state index contributed by atoms with van der Waals surface area (Å²) in [6, 6.07) is 13.8. The number of unbranched alkanes of at least 4 members (excludes halogenated alkanes) is 1. The van der Waals surface area contributed by atoms with Crippen molar-refractivity contribution in [3.63, 3.8) is 0 Å². The molecule has 0 saturated carbocycles. The Morgan fingerprint density at radius 2 is 1.72 bits per heavy atom. The van der Waals surface area contributed by atoms with E-state index in [4.69, 9.17) is 17.0 Å². The number of carbonyl (C=O) groups excluding carboxylic acids is 2. The maximum Gasteiger partial charge on any atom is 0.257 e. The highest BCUT2D eigenvalue weighted by Crippen LogP contribution is 2.16. The van der Waals surface area contributed by atoms with Crippen LogP contribution in [0.4, 0.5) is 5.69 Å². The van der Waals surface area contributed by atoms with E-state index >= 15 is 0 Å². The van der Waals surface area contributed by atoms with Gasteiger partial charge in [-0.15, -0.1) is 0 Å². The van der Waals surface area contributed by atoms with E-state index in [0.717, 1.165) is 12.8 Å². The average molecular weight is 414 g/mol. The minimum absolute atomic E-state index is 0.0608. The van der Waals surface area contributed by atoms with Crippen LogP contribution in [0.25, 0.3) is 0 Å². The van der Waals surface area contributed by atoms with Gasteiger partial charge >= 0.3 is 0 Å². The molecule has 2 aromatic rings. The molecule has 2 rings (SSSR count). The van der Waals surface area contributed by atoms with Crippen LogP contribution in [-0.2, 0) is 0 Å². The van der Waals surface area contributed by atoms with Gasteiger partial charge in [0.15, 0.2) is 5.11 Å². The van der Waals surface area contributed by atoms with Crippen molar-refractivity contribution < 1.29 is 14.3 Å². The van der Waals surface area contributed by atoms with Crippen LogP contribution in [0, 0.1) is 0 Å². The Hall–Kier alpha value is -2.93. The first-order valence-corrected chi connectivity index (χ1v) is 10.1. The second-order valence-electron chi connectivity index (χ2n) is 6.75. The number of anilines is 1. The molecule has 0 aromatic heterocycles. The second kappa shape index (κ2) is 11.2. The van der Waals surface area contributed by atoms with E-state index in [0.29, 0.717) is 29.1 Å². The lowest BCUT2D eigenvalue weighted by Crippen LogP contribution is -2.35. The Labute approximate surface area is 177 Å². The highest BCUT2D eigenvalue weighted by molar-refractivity contribution is 7.80. The van der Waals surface area contributed by atoms with Gasteiger partial charge in [-0.05, 0) is 68.9 Å². The van der Waals surface area contributed by atoms with Gasteiger partial charge in [-0.2, -0.15) is 0 Å². The lowest BCUT2D eigenvalue weighted by Gasteiger charge is -2.14. The summed E-state index contributed by atoms with van der Waals surface area (Å²) in [5.41, 5.74) is 1.46. The third-order valence-electron chi connectivity index (χ3n) is 3.95. The molecule has 0 aliphatic rings. The first-order valence-electron chi connectivity index (χ1n) is 9.67. The molecule has 2 aromatic carbocycles. The average Bonchev–Trinajstić information content (AvgIpc) is 2.68. The van der Waals surface area contributed by atoms with Gasteiger partial charge in [0.25, 0.3) is 11.8 Å². The molecule has 0 unspecified atom stereocenters. The van der Waals surface area contributed by atoms with Crippen molar-refractivity contribution in [2.75, 3.05) is 11.9 Å². The smallest absolute Gasteiger partial charge is 0.257 e. The standard InChI is InChI=1S/C22H27N3O3S/c1-4-5-14-23-21(27)18-8-6-7-9-19(18)24-22(29)25-20(26)16-10-12-17(13-11-16)28-15(2)3/h6-13,15H,4-5,14H2,1-3H3,(H,23,27)(H2,24,25,26,29). The largest absolute Gasteiger partial charge is 0.491 e. The number of para-hydroxylation sites is 1. The number of ether oxygens (including phenoxy) is 1. The zero-order valence-electron chi connectivity index (χ0n) is 17.0. The zero-order valence-corrected chi connectivity index (χ0v) is 17.8. The monoisotopic (exact) mass is 413 g/mol. The van der Waals surface area contributed by atoms with E-state index in [9.17, 15) is 9.59 Å². The Kier molecular flexibility index (Phi) is 8.61. The number of nitrogens with one attached hydrogen (secondary N) is 3. The third kappa shape index (κ3) is 7.19. The van der Waals surface area contributed by atoms with E-state index in [2.05, 4.69) is 22.9 Å². The van der Waals surface area contributed by atoms with Crippen LogP contribution in [0.15, 0.2) is 48.5 Å². The van der Waals surface area contributed by atoms with E-state index in [-0.39, 0.29) is 23.0 Å². The molecule has 0 aliphatic carbocycles. The van der Waals surface area contributed by atoms with Crippen LogP contribution in [0.5, 0.6) is 5.75 Å². The molecule has 0 radical (unpaired) electrons. The fourth-order valence-electron chi connectivity index (χ4n) is 2.55. The summed E-state index contributed by atoms with van der Waals surface area (Å²) < 4.78 is 5.57. The molecule has 6 nitrogen and oxygen atoms in total. The molecular formula is C22H27N3O3S. The van der Waals surface area contributed by atoms with Gasteiger partial charge in [0.05, 0.1) is 17.4 Å². The number of rotatable bonds is 8. The Morgan fingerprint density at radius 3 is 2.38 bits per heavy atom. The van der Waals surface area contributed by atoms with Crippen LogP contribution < -0.4 is 20.7 Å². The van der Waals surface area contributed by atoms with Crippen molar-refractivity contribution >= 4 is 34.8 Å². The number of thiocarbonyl (C=S) groups is 1. The van der Waals surface area contributed by atoms with Gasteiger partial charge < -0.3 is 15.4 Å². The van der Waals surface area contributed by atoms with Crippen molar-refractivity contribution in [3.05, 3.63) is 59.7 Å². The van der Waals surface area contributed by atoms with Gasteiger partial charge in [-0.25, -0.2) is 0 Å². The van der Waals surface area contributed by atoms with Gasteiger partial charge in [-0.3, -0.25) is 14.9 Å². The van der Waals surface area contributed by atoms with Crippen molar-refractivity contribution in [2.24, 2.45) is 0 Å². The summed E-state index contributed by atoms with van der Waals surface area (Å²) in [6.45, 7) is 6.55. The molecule has 7 heteroatoms. The summed E-state index contributed by atoms with van der Waals surface area (Å²) in [6.07, 6.45) is 1.98. The van der Waals surface area contributed by atoms with Gasteiger partial charge in [-0.1, -0.05) is 25.5 Å². The molecule has 0 fully saturated rings. The number of benzene rings is 2. The van der Waals surface area contributed by atoms with Crippen molar-refractivity contribution in [3.8, 4) is 5.75 Å². The molecule has 0 spiro atoms. The molecule has 154 valence electrons. The first kappa shape index (κ1) is 22.4. The number of carbonyl (C=O) groups is 2. The van der Waals surface area contributed by atoms with Crippen LogP contribution in [0.1, 0.15) is 54.3 Å². The summed E-state index contributed by atoms with van der Waals surface area (Å²) in [7, 11) is 0. The fourth-order valence-corrected chi connectivity index (χ4v) is 2.75. The highest BCUT2D eigenvalue weighted by Gasteiger charge is 2.13. The summed E-state index contributed by atoms with van der Waals surface area (Å²) in [5, 5.41) is 8.56. The predicted molar refractivity (Wildman–Crippen MR) is 120 cm³/mol. The number of hydrogen-bond acceptors (Lipinski definition) is 4. The highest BCUT2D eigenvalue weighted by atomic mass is 32.1. The predicted octanol–water partition coefficient (Wildman–Crippen LogP) is 4.13. The lowest BCUT2D eigenvalue weighted by molar-refractivity contribution is 0.0952. The van der Waals surface area contributed by atoms with E-state index in [1.54, 1.807) is 48.5 Å². The topological polar surface area (TPSA) is 79.5 Å². The van der Waals surface area contributed by atoms with Crippen LogP contribution in [0.3, 0.4) is 0 Å². The van der Waals surface area contributed by atoms with Crippen molar-refractivity contribution in [1.29, 1.82) is 0 Å². The number of hydrogen-bond donors (Lipinski definition) is 3. The van der Waals surface area contributed by atoms with Crippen LogP contribution in [-0.4, -0.2) is 29.6 Å².